The van der Waals surface area contributed by atoms with Crippen molar-refractivity contribution in [1.82, 2.24) is 0 Å². The van der Waals surface area contributed by atoms with E-state index in [1.54, 1.807) is 13.8 Å². The zero-order chi connectivity index (χ0) is 14.0. The summed E-state index contributed by atoms with van der Waals surface area (Å²) < 4.78 is 10.4. The molecule has 0 aliphatic heterocycles. The highest BCUT2D eigenvalue weighted by Crippen LogP contribution is 2.08. The lowest BCUT2D eigenvalue weighted by atomic mass is 10.2. The highest BCUT2D eigenvalue weighted by Gasteiger charge is 2.20. The molecular formula is C14H26O4. The van der Waals surface area contributed by atoms with Crippen LogP contribution in [0.2, 0.25) is 0 Å². The molecule has 0 rings (SSSR count). The van der Waals surface area contributed by atoms with Crippen LogP contribution in [-0.2, 0) is 19.1 Å². The molecule has 4 nitrogen and oxygen atoms in total. The van der Waals surface area contributed by atoms with Crippen LogP contribution in [0.5, 0.6) is 0 Å². The normalized spacial score (nSPS) is 13.8. The highest BCUT2D eigenvalue weighted by molar-refractivity contribution is 5.70. The number of ether oxygens (including phenoxy) is 2. The van der Waals surface area contributed by atoms with Crippen LogP contribution in [0.4, 0.5) is 0 Å². The van der Waals surface area contributed by atoms with Gasteiger partial charge in [-0.25, -0.2) is 0 Å². The third-order valence-electron chi connectivity index (χ3n) is 2.76. The van der Waals surface area contributed by atoms with Crippen molar-refractivity contribution in [3.63, 3.8) is 0 Å². The van der Waals surface area contributed by atoms with Gasteiger partial charge in [-0.15, -0.1) is 0 Å². The molecule has 0 saturated carbocycles. The van der Waals surface area contributed by atoms with E-state index in [1.807, 2.05) is 13.8 Å². The van der Waals surface area contributed by atoms with Gasteiger partial charge in [-0.3, -0.25) is 9.59 Å². The standard InChI is InChI=1S/C14H26O4/c1-5-7-9-13(15)17-11(3)12(4)18-14(16)10-8-6-2/h11-12H,5-10H2,1-4H3. The van der Waals surface area contributed by atoms with Gasteiger partial charge in [-0.1, -0.05) is 26.7 Å². The minimum Gasteiger partial charge on any atom is -0.459 e. The summed E-state index contributed by atoms with van der Waals surface area (Å²) in [7, 11) is 0. The number of esters is 2. The lowest BCUT2D eigenvalue weighted by Crippen LogP contribution is -2.30. The topological polar surface area (TPSA) is 52.6 Å². The summed E-state index contributed by atoms with van der Waals surface area (Å²) >= 11 is 0. The molecule has 0 radical (unpaired) electrons. The molecule has 0 amide bonds. The Hall–Kier alpha value is -1.06. The van der Waals surface area contributed by atoms with E-state index in [0.29, 0.717) is 12.8 Å². The van der Waals surface area contributed by atoms with Gasteiger partial charge in [0.05, 0.1) is 0 Å². The van der Waals surface area contributed by atoms with Crippen LogP contribution in [0, 0.1) is 0 Å². The lowest BCUT2D eigenvalue weighted by Gasteiger charge is -2.20. The Morgan fingerprint density at radius 1 is 0.833 bits per heavy atom. The molecule has 0 aliphatic rings. The number of rotatable bonds is 9. The van der Waals surface area contributed by atoms with E-state index < -0.39 is 0 Å². The molecule has 0 N–H and O–H groups in total. The first kappa shape index (κ1) is 16.9. The van der Waals surface area contributed by atoms with Crippen molar-refractivity contribution in [2.75, 3.05) is 0 Å². The van der Waals surface area contributed by atoms with E-state index in [1.165, 1.54) is 0 Å². The maximum absolute atomic E-state index is 11.4. The molecule has 0 heterocycles. The van der Waals surface area contributed by atoms with Crippen LogP contribution in [0.15, 0.2) is 0 Å². The van der Waals surface area contributed by atoms with E-state index in [4.69, 9.17) is 9.47 Å². The summed E-state index contributed by atoms with van der Waals surface area (Å²) in [4.78, 5) is 22.8. The van der Waals surface area contributed by atoms with Crippen LogP contribution >= 0.6 is 0 Å². The fourth-order valence-electron chi connectivity index (χ4n) is 1.37. The summed E-state index contributed by atoms with van der Waals surface area (Å²) in [5.74, 6) is -0.443. The van der Waals surface area contributed by atoms with Gasteiger partial charge in [-0.2, -0.15) is 0 Å². The molecule has 0 fully saturated rings. The average Bonchev–Trinajstić information content (AvgIpc) is 2.33. The van der Waals surface area contributed by atoms with E-state index >= 15 is 0 Å². The van der Waals surface area contributed by atoms with Gasteiger partial charge < -0.3 is 9.47 Å². The summed E-state index contributed by atoms with van der Waals surface area (Å²) in [5.41, 5.74) is 0. The molecule has 18 heavy (non-hydrogen) atoms. The summed E-state index contributed by atoms with van der Waals surface area (Å²) in [5, 5.41) is 0. The minimum atomic E-state index is -0.389. The zero-order valence-electron chi connectivity index (χ0n) is 12.0. The maximum atomic E-state index is 11.4. The quantitative estimate of drug-likeness (QED) is 0.596. The SMILES string of the molecule is CCCCC(=O)OC(C)C(C)OC(=O)CCCC. The van der Waals surface area contributed by atoms with Crippen molar-refractivity contribution in [3.05, 3.63) is 0 Å². The number of carbonyl (C=O) groups excluding carboxylic acids is 2. The molecular weight excluding hydrogens is 232 g/mol. The Morgan fingerprint density at radius 2 is 1.17 bits per heavy atom. The summed E-state index contributed by atoms with van der Waals surface area (Å²) in [6, 6.07) is 0. The molecule has 2 unspecified atom stereocenters. The Labute approximate surface area is 110 Å². The van der Waals surface area contributed by atoms with Crippen LogP contribution in [0.3, 0.4) is 0 Å². The van der Waals surface area contributed by atoms with Crippen molar-refractivity contribution in [3.8, 4) is 0 Å². The molecule has 0 aromatic rings. The number of hydrogen-bond acceptors (Lipinski definition) is 4. The van der Waals surface area contributed by atoms with Crippen LogP contribution in [0.25, 0.3) is 0 Å². The fourth-order valence-corrected chi connectivity index (χ4v) is 1.37. The van der Waals surface area contributed by atoms with Crippen molar-refractivity contribution in [2.45, 2.75) is 78.4 Å². The third-order valence-corrected chi connectivity index (χ3v) is 2.76. The molecule has 0 saturated heterocycles. The third kappa shape index (κ3) is 8.09. The predicted octanol–water partition coefficient (Wildman–Crippen LogP) is 3.23. The van der Waals surface area contributed by atoms with Crippen molar-refractivity contribution in [1.29, 1.82) is 0 Å². The largest absolute Gasteiger partial charge is 0.459 e. The lowest BCUT2D eigenvalue weighted by molar-refractivity contribution is -0.165. The van der Waals surface area contributed by atoms with E-state index in [9.17, 15) is 9.59 Å². The smallest absolute Gasteiger partial charge is 0.306 e. The minimum absolute atomic E-state index is 0.221. The molecule has 0 aliphatic carbocycles. The van der Waals surface area contributed by atoms with E-state index in [0.717, 1.165) is 25.7 Å². The van der Waals surface area contributed by atoms with E-state index in [-0.39, 0.29) is 24.1 Å². The van der Waals surface area contributed by atoms with Gasteiger partial charge in [0.15, 0.2) is 0 Å². The zero-order valence-corrected chi connectivity index (χ0v) is 12.0. The van der Waals surface area contributed by atoms with Gasteiger partial charge >= 0.3 is 11.9 Å². The summed E-state index contributed by atoms with van der Waals surface area (Å²) in [6.07, 6.45) is 3.66. The Morgan fingerprint density at radius 3 is 1.44 bits per heavy atom. The van der Waals surface area contributed by atoms with Gasteiger partial charge in [0.2, 0.25) is 0 Å². The second-order valence-electron chi connectivity index (χ2n) is 4.60. The van der Waals surface area contributed by atoms with Crippen LogP contribution < -0.4 is 0 Å². The van der Waals surface area contributed by atoms with Gasteiger partial charge in [0.1, 0.15) is 12.2 Å². The van der Waals surface area contributed by atoms with Crippen molar-refractivity contribution >= 4 is 11.9 Å². The van der Waals surface area contributed by atoms with E-state index in [2.05, 4.69) is 0 Å². The van der Waals surface area contributed by atoms with Gasteiger partial charge in [-0.05, 0) is 26.7 Å². The Balaban J connectivity index is 3.90. The fraction of sp³-hybridized carbons (Fsp3) is 0.857. The average molecular weight is 258 g/mol. The van der Waals surface area contributed by atoms with Crippen LogP contribution in [0.1, 0.15) is 66.2 Å². The van der Waals surface area contributed by atoms with Crippen LogP contribution in [-0.4, -0.2) is 24.1 Å². The Kier molecular flexibility index (Phi) is 9.33. The molecule has 2 atom stereocenters. The van der Waals surface area contributed by atoms with Gasteiger partial charge in [0, 0.05) is 12.8 Å². The first-order chi connectivity index (χ1) is 8.51. The van der Waals surface area contributed by atoms with Crippen molar-refractivity contribution in [2.24, 2.45) is 0 Å². The molecule has 4 heteroatoms. The molecule has 0 aromatic carbocycles. The predicted molar refractivity (Wildman–Crippen MR) is 70.2 cm³/mol. The first-order valence-corrected chi connectivity index (χ1v) is 6.90. The molecule has 0 spiro atoms. The molecule has 0 bridgehead atoms. The highest BCUT2D eigenvalue weighted by atomic mass is 16.6. The summed E-state index contributed by atoms with van der Waals surface area (Å²) in [6.45, 7) is 7.55. The number of hydrogen-bond donors (Lipinski definition) is 0. The second-order valence-corrected chi connectivity index (χ2v) is 4.60. The Bertz CT molecular complexity index is 224. The first-order valence-electron chi connectivity index (χ1n) is 6.90. The molecule has 0 aromatic heterocycles. The number of carbonyl (C=O) groups is 2. The monoisotopic (exact) mass is 258 g/mol. The second kappa shape index (κ2) is 9.92. The van der Waals surface area contributed by atoms with Gasteiger partial charge in [0.25, 0.3) is 0 Å². The molecule has 106 valence electrons. The maximum Gasteiger partial charge on any atom is 0.306 e. The van der Waals surface area contributed by atoms with Crippen molar-refractivity contribution < 1.29 is 19.1 Å². The number of unbranched alkanes of at least 4 members (excludes halogenated alkanes) is 2.